The lowest BCUT2D eigenvalue weighted by Crippen LogP contribution is -2.22. The van der Waals surface area contributed by atoms with E-state index in [1.165, 1.54) is 11.8 Å². The molecule has 0 aliphatic rings. The quantitative estimate of drug-likeness (QED) is 0.516. The highest BCUT2D eigenvalue weighted by atomic mass is 32.2. The molecule has 30 heavy (non-hydrogen) atoms. The second-order valence-corrected chi connectivity index (χ2v) is 8.03. The summed E-state index contributed by atoms with van der Waals surface area (Å²) in [5, 5.41) is 11.6. The summed E-state index contributed by atoms with van der Waals surface area (Å²) in [6.07, 6.45) is 0. The molecule has 3 rings (SSSR count). The van der Waals surface area contributed by atoms with E-state index < -0.39 is 0 Å². The molecule has 0 saturated heterocycles. The number of para-hydroxylation sites is 1. The molecule has 0 fully saturated rings. The molecule has 7 nitrogen and oxygen atoms in total. The molecule has 1 aromatic heterocycles. The van der Waals surface area contributed by atoms with Crippen LogP contribution in [-0.4, -0.2) is 32.5 Å². The molecule has 0 unspecified atom stereocenters. The van der Waals surface area contributed by atoms with Gasteiger partial charge in [0.05, 0.1) is 11.9 Å². The molecule has 0 bridgehead atoms. The van der Waals surface area contributed by atoms with Gasteiger partial charge in [0.2, 0.25) is 5.91 Å². The van der Waals surface area contributed by atoms with Crippen LogP contribution in [0.15, 0.2) is 53.7 Å². The van der Waals surface area contributed by atoms with Crippen LogP contribution in [0, 0.1) is 6.92 Å². The van der Waals surface area contributed by atoms with Gasteiger partial charge in [0.1, 0.15) is 18.1 Å². The maximum atomic E-state index is 12.5. The first-order valence-electron chi connectivity index (χ1n) is 9.75. The van der Waals surface area contributed by atoms with Gasteiger partial charge in [-0.1, -0.05) is 30.0 Å². The minimum atomic E-state index is -0.343. The third-order valence-electron chi connectivity index (χ3n) is 4.46. The van der Waals surface area contributed by atoms with Gasteiger partial charge in [-0.15, -0.1) is 10.2 Å². The zero-order valence-electron chi connectivity index (χ0n) is 17.6. The molecule has 8 heteroatoms. The van der Waals surface area contributed by atoms with E-state index in [9.17, 15) is 4.79 Å². The van der Waals surface area contributed by atoms with Crippen LogP contribution in [-0.2, 0) is 18.4 Å². The summed E-state index contributed by atoms with van der Waals surface area (Å²) in [5.41, 5.74) is 1.79. The third kappa shape index (κ3) is 5.54. The molecule has 158 valence electrons. The fourth-order valence-corrected chi connectivity index (χ4v) is 3.52. The standard InChI is InChI=1S/C22H26N4O3S/c1-5-28-18-12-10-17(11-13-18)23-21(27)16(3)30-22-25-24-20(26(22)4)14-29-19-9-7-6-8-15(19)2/h6-13,16H,5,14H2,1-4H3,(H,23,27)/t16-/m0/s1. The normalized spacial score (nSPS) is 11.7. The molecule has 1 atom stereocenters. The van der Waals surface area contributed by atoms with Crippen LogP contribution < -0.4 is 14.8 Å². The number of aryl methyl sites for hydroxylation is 1. The molecule has 1 N–H and O–H groups in total. The molecule has 0 aliphatic heterocycles. The first kappa shape index (κ1) is 21.7. The van der Waals surface area contributed by atoms with Crippen LogP contribution in [0.3, 0.4) is 0 Å². The van der Waals surface area contributed by atoms with E-state index >= 15 is 0 Å². The predicted molar refractivity (Wildman–Crippen MR) is 118 cm³/mol. The Labute approximate surface area is 180 Å². The van der Waals surface area contributed by atoms with Crippen LogP contribution in [0.2, 0.25) is 0 Å². The van der Waals surface area contributed by atoms with E-state index in [2.05, 4.69) is 15.5 Å². The second-order valence-electron chi connectivity index (χ2n) is 6.72. The van der Waals surface area contributed by atoms with Gasteiger partial charge in [-0.05, 0) is 56.7 Å². The van der Waals surface area contributed by atoms with Gasteiger partial charge in [0.25, 0.3) is 0 Å². The van der Waals surface area contributed by atoms with Crippen molar-refractivity contribution in [1.29, 1.82) is 0 Å². The van der Waals surface area contributed by atoms with E-state index in [-0.39, 0.29) is 11.2 Å². The van der Waals surface area contributed by atoms with Gasteiger partial charge in [-0.25, -0.2) is 0 Å². The number of rotatable bonds is 9. The number of benzene rings is 2. The van der Waals surface area contributed by atoms with Crippen LogP contribution in [0.5, 0.6) is 11.5 Å². The van der Waals surface area contributed by atoms with Crippen molar-refractivity contribution >= 4 is 23.4 Å². The van der Waals surface area contributed by atoms with Crippen molar-refractivity contribution in [3.8, 4) is 11.5 Å². The van der Waals surface area contributed by atoms with E-state index in [1.54, 1.807) is 0 Å². The summed E-state index contributed by atoms with van der Waals surface area (Å²) in [6.45, 7) is 6.68. The molecule has 0 saturated carbocycles. The van der Waals surface area contributed by atoms with Crippen molar-refractivity contribution in [2.75, 3.05) is 11.9 Å². The predicted octanol–water partition coefficient (Wildman–Crippen LogP) is 4.22. The van der Waals surface area contributed by atoms with Crippen molar-refractivity contribution < 1.29 is 14.3 Å². The average Bonchev–Trinajstić information content (AvgIpc) is 3.08. The molecular formula is C22H26N4O3S. The van der Waals surface area contributed by atoms with Gasteiger partial charge >= 0.3 is 0 Å². The molecular weight excluding hydrogens is 400 g/mol. The van der Waals surface area contributed by atoms with E-state index in [4.69, 9.17) is 9.47 Å². The number of nitrogens with one attached hydrogen (secondary N) is 1. The lowest BCUT2D eigenvalue weighted by molar-refractivity contribution is -0.115. The maximum absolute atomic E-state index is 12.5. The molecule has 2 aromatic carbocycles. The highest BCUT2D eigenvalue weighted by molar-refractivity contribution is 8.00. The highest BCUT2D eigenvalue weighted by Crippen LogP contribution is 2.24. The van der Waals surface area contributed by atoms with E-state index in [1.807, 2.05) is 80.9 Å². The summed E-state index contributed by atoms with van der Waals surface area (Å²) in [5.74, 6) is 2.18. The molecule has 3 aromatic rings. The Hall–Kier alpha value is -3.00. The Morgan fingerprint density at radius 1 is 1.13 bits per heavy atom. The first-order chi connectivity index (χ1) is 14.5. The fourth-order valence-electron chi connectivity index (χ4n) is 2.69. The lowest BCUT2D eigenvalue weighted by Gasteiger charge is -2.12. The molecule has 0 radical (unpaired) electrons. The summed E-state index contributed by atoms with van der Waals surface area (Å²) in [4.78, 5) is 12.5. The number of ether oxygens (including phenoxy) is 2. The monoisotopic (exact) mass is 426 g/mol. The summed E-state index contributed by atoms with van der Waals surface area (Å²) < 4.78 is 13.1. The van der Waals surface area contributed by atoms with Gasteiger partial charge in [0, 0.05) is 12.7 Å². The minimum absolute atomic E-state index is 0.107. The summed E-state index contributed by atoms with van der Waals surface area (Å²) >= 11 is 1.35. The Bertz CT molecular complexity index is 988. The van der Waals surface area contributed by atoms with Gasteiger partial charge in [0.15, 0.2) is 11.0 Å². The molecule has 0 spiro atoms. The number of carbonyl (C=O) groups is 1. The number of anilines is 1. The second kappa shape index (κ2) is 10.2. The van der Waals surface area contributed by atoms with Crippen molar-refractivity contribution in [1.82, 2.24) is 14.8 Å². The zero-order valence-corrected chi connectivity index (χ0v) is 18.4. The Morgan fingerprint density at radius 2 is 1.87 bits per heavy atom. The molecule has 1 amide bonds. The fraction of sp³-hybridized carbons (Fsp3) is 0.318. The van der Waals surface area contributed by atoms with Crippen molar-refractivity contribution in [2.24, 2.45) is 7.05 Å². The number of amides is 1. The maximum Gasteiger partial charge on any atom is 0.237 e. The van der Waals surface area contributed by atoms with Crippen LogP contribution >= 0.6 is 11.8 Å². The largest absolute Gasteiger partial charge is 0.494 e. The SMILES string of the molecule is CCOc1ccc(NC(=O)[C@H](C)Sc2nnc(COc3ccccc3C)n2C)cc1. The third-order valence-corrected chi connectivity index (χ3v) is 5.59. The Morgan fingerprint density at radius 3 is 2.57 bits per heavy atom. The van der Waals surface area contributed by atoms with Crippen molar-refractivity contribution in [2.45, 2.75) is 37.8 Å². The summed E-state index contributed by atoms with van der Waals surface area (Å²) in [7, 11) is 1.87. The highest BCUT2D eigenvalue weighted by Gasteiger charge is 2.19. The zero-order chi connectivity index (χ0) is 21.5. The molecule has 0 aliphatic carbocycles. The number of carbonyl (C=O) groups excluding carboxylic acids is 1. The molecule has 1 heterocycles. The number of thioether (sulfide) groups is 1. The first-order valence-corrected chi connectivity index (χ1v) is 10.6. The number of hydrogen-bond acceptors (Lipinski definition) is 6. The van der Waals surface area contributed by atoms with Crippen molar-refractivity contribution in [3.63, 3.8) is 0 Å². The van der Waals surface area contributed by atoms with E-state index in [0.29, 0.717) is 24.2 Å². The van der Waals surface area contributed by atoms with Crippen LogP contribution in [0.1, 0.15) is 25.2 Å². The number of aromatic nitrogens is 3. The Balaban J connectivity index is 1.56. The van der Waals surface area contributed by atoms with Gasteiger partial charge in [-0.2, -0.15) is 0 Å². The number of nitrogens with zero attached hydrogens (tertiary/aromatic N) is 3. The smallest absolute Gasteiger partial charge is 0.237 e. The Kier molecular flexibility index (Phi) is 7.35. The van der Waals surface area contributed by atoms with Crippen LogP contribution in [0.25, 0.3) is 0 Å². The van der Waals surface area contributed by atoms with E-state index in [0.717, 1.165) is 22.7 Å². The van der Waals surface area contributed by atoms with Gasteiger partial charge in [-0.3, -0.25) is 4.79 Å². The van der Waals surface area contributed by atoms with Crippen LogP contribution in [0.4, 0.5) is 5.69 Å². The average molecular weight is 427 g/mol. The number of hydrogen-bond donors (Lipinski definition) is 1. The lowest BCUT2D eigenvalue weighted by atomic mass is 10.2. The van der Waals surface area contributed by atoms with Crippen molar-refractivity contribution in [3.05, 3.63) is 59.9 Å². The topological polar surface area (TPSA) is 78.3 Å². The summed E-state index contributed by atoms with van der Waals surface area (Å²) in [6, 6.07) is 15.1. The minimum Gasteiger partial charge on any atom is -0.494 e. The van der Waals surface area contributed by atoms with Gasteiger partial charge < -0.3 is 19.4 Å².